The van der Waals surface area contributed by atoms with Crippen LogP contribution < -0.4 is 10.0 Å². The van der Waals surface area contributed by atoms with E-state index in [1.54, 1.807) is 6.92 Å². The molecule has 2 saturated heterocycles. The third kappa shape index (κ3) is 4.46. The average molecular weight is 385 g/mol. The van der Waals surface area contributed by atoms with Crippen LogP contribution in [0.25, 0.3) is 0 Å². The minimum absolute atomic E-state index is 0.00560. The standard InChI is InChI=1S/C17H27N3O5S/c1-11(15-5-3-7-24-15)19-17(21)14-9-13(10-18-14)26(22,23)20-12(2)16-6-4-8-25-16/h9-12,15-16,18,20H,3-8H2,1-2H3,(H,19,21)/t11-,12+,15+,16-/m0/s1. The number of nitrogens with one attached hydrogen (secondary N) is 3. The van der Waals surface area contributed by atoms with Gasteiger partial charge in [0.2, 0.25) is 10.0 Å². The number of hydrogen-bond acceptors (Lipinski definition) is 5. The Morgan fingerprint density at radius 1 is 1.15 bits per heavy atom. The Hall–Kier alpha value is -1.42. The first-order valence-electron chi connectivity index (χ1n) is 9.11. The molecule has 8 nitrogen and oxygen atoms in total. The molecule has 2 aliphatic rings. The van der Waals surface area contributed by atoms with E-state index in [1.165, 1.54) is 12.3 Å². The summed E-state index contributed by atoms with van der Waals surface area (Å²) < 4.78 is 38.8. The summed E-state index contributed by atoms with van der Waals surface area (Å²) in [4.78, 5) is 15.1. The van der Waals surface area contributed by atoms with Crippen LogP contribution >= 0.6 is 0 Å². The Morgan fingerprint density at radius 3 is 2.35 bits per heavy atom. The third-order valence-electron chi connectivity index (χ3n) is 4.96. The van der Waals surface area contributed by atoms with Gasteiger partial charge in [0.1, 0.15) is 10.6 Å². The Balaban J connectivity index is 1.61. The summed E-state index contributed by atoms with van der Waals surface area (Å²) in [5, 5.41) is 2.86. The van der Waals surface area contributed by atoms with Crippen molar-refractivity contribution in [2.75, 3.05) is 13.2 Å². The van der Waals surface area contributed by atoms with Crippen molar-refractivity contribution in [2.24, 2.45) is 0 Å². The van der Waals surface area contributed by atoms with Crippen LogP contribution in [-0.2, 0) is 19.5 Å². The van der Waals surface area contributed by atoms with Gasteiger partial charge in [-0.1, -0.05) is 0 Å². The van der Waals surface area contributed by atoms with E-state index in [-0.39, 0.29) is 40.8 Å². The second kappa shape index (κ2) is 8.08. The molecule has 0 unspecified atom stereocenters. The SMILES string of the molecule is C[C@H](NC(=O)c1cc(S(=O)(=O)N[C@H](C)[C@@H]2CCCO2)c[nH]1)[C@H]1CCCO1. The summed E-state index contributed by atoms with van der Waals surface area (Å²) >= 11 is 0. The number of rotatable bonds is 7. The molecule has 1 aromatic heterocycles. The second-order valence-electron chi connectivity index (χ2n) is 7.02. The second-order valence-corrected chi connectivity index (χ2v) is 8.74. The molecule has 0 aliphatic carbocycles. The molecule has 0 saturated carbocycles. The number of carbonyl (C=O) groups is 1. The number of amides is 1. The van der Waals surface area contributed by atoms with Crippen LogP contribution in [0.1, 0.15) is 50.0 Å². The zero-order chi connectivity index (χ0) is 18.7. The van der Waals surface area contributed by atoms with Crippen LogP contribution in [0.3, 0.4) is 0 Å². The van der Waals surface area contributed by atoms with Crippen molar-refractivity contribution >= 4 is 15.9 Å². The third-order valence-corrected chi connectivity index (χ3v) is 6.49. The smallest absolute Gasteiger partial charge is 0.268 e. The zero-order valence-electron chi connectivity index (χ0n) is 15.2. The highest BCUT2D eigenvalue weighted by molar-refractivity contribution is 7.89. The molecule has 146 valence electrons. The molecular formula is C17H27N3O5S. The van der Waals surface area contributed by atoms with E-state index in [0.29, 0.717) is 13.2 Å². The van der Waals surface area contributed by atoms with Crippen LogP contribution in [-0.4, -0.2) is 56.8 Å². The number of carbonyl (C=O) groups excluding carboxylic acids is 1. The van der Waals surface area contributed by atoms with Crippen LogP contribution in [0.5, 0.6) is 0 Å². The van der Waals surface area contributed by atoms with E-state index in [9.17, 15) is 13.2 Å². The summed E-state index contributed by atoms with van der Waals surface area (Å²) in [5.41, 5.74) is 0.208. The van der Waals surface area contributed by atoms with Crippen molar-refractivity contribution in [1.82, 2.24) is 15.0 Å². The normalized spacial score (nSPS) is 25.9. The van der Waals surface area contributed by atoms with Crippen LogP contribution in [0.2, 0.25) is 0 Å². The fraction of sp³-hybridized carbons (Fsp3) is 0.706. The molecule has 3 rings (SSSR count). The lowest BCUT2D eigenvalue weighted by atomic mass is 10.1. The molecular weight excluding hydrogens is 358 g/mol. The monoisotopic (exact) mass is 385 g/mol. The molecule has 0 spiro atoms. The number of sulfonamides is 1. The highest BCUT2D eigenvalue weighted by Gasteiger charge is 2.29. The van der Waals surface area contributed by atoms with Crippen LogP contribution in [0.15, 0.2) is 17.2 Å². The van der Waals surface area contributed by atoms with Gasteiger partial charge in [-0.25, -0.2) is 13.1 Å². The lowest BCUT2D eigenvalue weighted by molar-refractivity contribution is 0.0710. The van der Waals surface area contributed by atoms with Gasteiger partial charge in [-0.3, -0.25) is 4.79 Å². The van der Waals surface area contributed by atoms with E-state index in [1.807, 2.05) is 6.92 Å². The van der Waals surface area contributed by atoms with Crippen molar-refractivity contribution < 1.29 is 22.7 Å². The predicted molar refractivity (Wildman–Crippen MR) is 95.5 cm³/mol. The average Bonchev–Trinajstić information content (AvgIpc) is 3.36. The van der Waals surface area contributed by atoms with E-state index >= 15 is 0 Å². The molecule has 26 heavy (non-hydrogen) atoms. The number of H-pyrrole nitrogens is 1. The first-order chi connectivity index (χ1) is 12.4. The zero-order valence-corrected chi connectivity index (χ0v) is 16.0. The molecule has 9 heteroatoms. The molecule has 1 amide bonds. The van der Waals surface area contributed by atoms with Gasteiger partial charge in [0, 0.05) is 25.5 Å². The van der Waals surface area contributed by atoms with Gasteiger partial charge in [0.05, 0.1) is 18.2 Å². The van der Waals surface area contributed by atoms with Gasteiger partial charge in [-0.2, -0.15) is 0 Å². The van der Waals surface area contributed by atoms with Crippen molar-refractivity contribution in [2.45, 2.75) is 68.7 Å². The molecule has 2 fully saturated rings. The van der Waals surface area contributed by atoms with Gasteiger partial charge in [-0.05, 0) is 45.6 Å². The molecule has 0 bridgehead atoms. The van der Waals surface area contributed by atoms with Crippen LogP contribution in [0, 0.1) is 0 Å². The summed E-state index contributed by atoms with van der Waals surface area (Å²) in [7, 11) is -3.72. The van der Waals surface area contributed by atoms with Crippen molar-refractivity contribution in [3.05, 3.63) is 18.0 Å². The maximum atomic E-state index is 12.5. The van der Waals surface area contributed by atoms with Gasteiger partial charge >= 0.3 is 0 Å². The number of aromatic nitrogens is 1. The molecule has 3 N–H and O–H groups in total. The molecule has 0 aromatic carbocycles. The molecule has 3 heterocycles. The topological polar surface area (TPSA) is 110 Å². The summed E-state index contributed by atoms with van der Waals surface area (Å²) in [5.74, 6) is -0.346. The van der Waals surface area contributed by atoms with Gasteiger partial charge in [0.15, 0.2) is 0 Å². The van der Waals surface area contributed by atoms with Crippen molar-refractivity contribution in [1.29, 1.82) is 0 Å². The molecule has 1 aromatic rings. The fourth-order valence-corrected chi connectivity index (χ4v) is 4.69. The highest BCUT2D eigenvalue weighted by Crippen LogP contribution is 2.19. The molecule has 4 atom stereocenters. The van der Waals surface area contributed by atoms with Crippen LogP contribution in [0.4, 0.5) is 0 Å². The lowest BCUT2D eigenvalue weighted by Gasteiger charge is -2.19. The Bertz CT molecular complexity index is 721. The first kappa shape index (κ1) is 19.3. The number of aromatic amines is 1. The maximum Gasteiger partial charge on any atom is 0.268 e. The highest BCUT2D eigenvalue weighted by atomic mass is 32.2. The fourth-order valence-electron chi connectivity index (χ4n) is 3.42. The number of hydrogen-bond donors (Lipinski definition) is 3. The maximum absolute atomic E-state index is 12.5. The van der Waals surface area contributed by atoms with Gasteiger partial charge in [-0.15, -0.1) is 0 Å². The van der Waals surface area contributed by atoms with Crippen molar-refractivity contribution in [3.63, 3.8) is 0 Å². The van der Waals surface area contributed by atoms with E-state index < -0.39 is 10.0 Å². The predicted octanol–water partition coefficient (Wildman–Crippen LogP) is 1.16. The Labute approximate surface area is 154 Å². The van der Waals surface area contributed by atoms with Gasteiger partial charge in [0.25, 0.3) is 5.91 Å². The Morgan fingerprint density at radius 2 is 1.77 bits per heavy atom. The summed E-state index contributed by atoms with van der Waals surface area (Å²) in [6, 6.07) is 0.891. The Kier molecular flexibility index (Phi) is 6.01. The minimum Gasteiger partial charge on any atom is -0.377 e. The molecule has 2 aliphatic heterocycles. The van der Waals surface area contributed by atoms with E-state index in [0.717, 1.165) is 25.7 Å². The first-order valence-corrected chi connectivity index (χ1v) is 10.6. The number of ether oxygens (including phenoxy) is 2. The minimum atomic E-state index is -3.72. The van der Waals surface area contributed by atoms with Crippen molar-refractivity contribution in [3.8, 4) is 0 Å². The van der Waals surface area contributed by atoms with E-state index in [4.69, 9.17) is 9.47 Å². The molecule has 0 radical (unpaired) electrons. The van der Waals surface area contributed by atoms with E-state index in [2.05, 4.69) is 15.0 Å². The lowest BCUT2D eigenvalue weighted by Crippen LogP contribution is -2.41. The largest absolute Gasteiger partial charge is 0.377 e. The summed E-state index contributed by atoms with van der Waals surface area (Å²) in [6.45, 7) is 5.05. The quantitative estimate of drug-likeness (QED) is 0.652. The summed E-state index contributed by atoms with van der Waals surface area (Å²) in [6.07, 6.45) is 4.90. The van der Waals surface area contributed by atoms with Gasteiger partial charge < -0.3 is 19.8 Å².